The first-order valence-electron chi connectivity index (χ1n) is 11.3. The van der Waals surface area contributed by atoms with Crippen LogP contribution in [0.1, 0.15) is 24.5 Å². The molecule has 7 N–H and O–H groups in total. The Bertz CT molecular complexity index is 1060. The van der Waals surface area contributed by atoms with E-state index in [0.29, 0.717) is 5.56 Å². The van der Waals surface area contributed by atoms with Gasteiger partial charge in [0.2, 0.25) is 17.7 Å². The smallest absolute Gasteiger partial charge is 0.326 e. The van der Waals surface area contributed by atoms with Crippen molar-refractivity contribution < 1.29 is 34.2 Å². The van der Waals surface area contributed by atoms with Gasteiger partial charge in [-0.15, -0.1) is 0 Å². The summed E-state index contributed by atoms with van der Waals surface area (Å²) in [7, 11) is 0. The van der Waals surface area contributed by atoms with E-state index in [2.05, 4.69) is 16.0 Å². The minimum atomic E-state index is -1.49. The lowest BCUT2D eigenvalue weighted by molar-refractivity contribution is -0.143. The van der Waals surface area contributed by atoms with Crippen LogP contribution in [-0.4, -0.2) is 64.0 Å². The molecule has 0 bridgehead atoms. The van der Waals surface area contributed by atoms with Crippen molar-refractivity contribution in [2.75, 3.05) is 0 Å². The third kappa shape index (κ3) is 9.18. The monoisotopic (exact) mass is 498 g/mol. The number of nitrogens with two attached hydrogens (primary N) is 1. The highest BCUT2D eigenvalue weighted by atomic mass is 16.4. The summed E-state index contributed by atoms with van der Waals surface area (Å²) in [6.45, 7) is 1.31. The molecule has 192 valence electrons. The summed E-state index contributed by atoms with van der Waals surface area (Å²) >= 11 is 0. The third-order valence-corrected chi connectivity index (χ3v) is 5.30. The van der Waals surface area contributed by atoms with Gasteiger partial charge in [0.1, 0.15) is 18.1 Å². The molecule has 36 heavy (non-hydrogen) atoms. The van der Waals surface area contributed by atoms with Gasteiger partial charge in [-0.2, -0.15) is 0 Å². The maximum atomic E-state index is 12.7. The van der Waals surface area contributed by atoms with E-state index in [1.54, 1.807) is 60.7 Å². The Balaban J connectivity index is 1.98. The minimum Gasteiger partial charge on any atom is -0.481 e. The number of aliphatic carboxylic acids is 2. The first-order chi connectivity index (χ1) is 17.1. The van der Waals surface area contributed by atoms with Crippen molar-refractivity contribution in [3.8, 4) is 0 Å². The molecule has 0 aliphatic heterocycles. The van der Waals surface area contributed by atoms with Crippen LogP contribution >= 0.6 is 0 Å². The number of carboxylic acid groups (broad SMARTS) is 2. The predicted molar refractivity (Wildman–Crippen MR) is 130 cm³/mol. The summed E-state index contributed by atoms with van der Waals surface area (Å²) < 4.78 is 0. The van der Waals surface area contributed by atoms with E-state index in [-0.39, 0.29) is 12.8 Å². The van der Waals surface area contributed by atoms with Gasteiger partial charge in [0, 0.05) is 6.42 Å². The van der Waals surface area contributed by atoms with Gasteiger partial charge in [0.15, 0.2) is 0 Å². The van der Waals surface area contributed by atoms with Crippen LogP contribution < -0.4 is 21.7 Å². The van der Waals surface area contributed by atoms with E-state index in [4.69, 9.17) is 5.73 Å². The van der Waals surface area contributed by atoms with Gasteiger partial charge in [0.25, 0.3) is 0 Å². The molecule has 4 unspecified atom stereocenters. The van der Waals surface area contributed by atoms with Crippen molar-refractivity contribution in [2.24, 2.45) is 5.73 Å². The molecule has 0 spiro atoms. The lowest BCUT2D eigenvalue weighted by atomic mass is 10.0. The lowest BCUT2D eigenvalue weighted by Gasteiger charge is -2.23. The summed E-state index contributed by atoms with van der Waals surface area (Å²) in [4.78, 5) is 60.6. The fourth-order valence-electron chi connectivity index (χ4n) is 3.35. The molecule has 0 fully saturated rings. The van der Waals surface area contributed by atoms with Crippen molar-refractivity contribution in [3.05, 3.63) is 71.8 Å². The Morgan fingerprint density at radius 2 is 1.22 bits per heavy atom. The molecule has 11 heteroatoms. The first kappa shape index (κ1) is 28.0. The number of rotatable bonds is 13. The van der Waals surface area contributed by atoms with Gasteiger partial charge in [-0.3, -0.25) is 19.2 Å². The normalized spacial score (nSPS) is 13.9. The minimum absolute atomic E-state index is 0.0274. The molecule has 0 aliphatic rings. The summed E-state index contributed by atoms with van der Waals surface area (Å²) in [6.07, 6.45) is -0.541. The zero-order valence-corrected chi connectivity index (χ0v) is 19.7. The molecule has 0 saturated carbocycles. The summed E-state index contributed by atoms with van der Waals surface area (Å²) in [6, 6.07) is 12.6. The number of nitrogens with one attached hydrogen (secondary N) is 3. The summed E-state index contributed by atoms with van der Waals surface area (Å²) in [5, 5.41) is 25.6. The van der Waals surface area contributed by atoms with Crippen molar-refractivity contribution in [1.29, 1.82) is 0 Å². The molecule has 3 amide bonds. The fourth-order valence-corrected chi connectivity index (χ4v) is 3.35. The highest BCUT2D eigenvalue weighted by Crippen LogP contribution is 2.05. The van der Waals surface area contributed by atoms with Crippen molar-refractivity contribution in [1.82, 2.24) is 16.0 Å². The summed E-state index contributed by atoms with van der Waals surface area (Å²) in [5.41, 5.74) is 7.39. The van der Waals surface area contributed by atoms with Crippen LogP contribution in [0.2, 0.25) is 0 Å². The first-order valence-corrected chi connectivity index (χ1v) is 11.3. The van der Waals surface area contributed by atoms with E-state index in [1.165, 1.54) is 6.92 Å². The topological polar surface area (TPSA) is 188 Å². The SMILES string of the molecule is CC(NC(=O)C(CC(=O)O)NC(=O)C(N)Cc1ccccc1)C(=O)NC(Cc1ccccc1)C(=O)O. The van der Waals surface area contributed by atoms with Crippen LogP contribution in [0.5, 0.6) is 0 Å². The Morgan fingerprint density at radius 1 is 0.722 bits per heavy atom. The Kier molecular flexibility index (Phi) is 10.6. The molecule has 0 heterocycles. The van der Waals surface area contributed by atoms with Gasteiger partial charge in [-0.05, 0) is 24.5 Å². The zero-order valence-electron chi connectivity index (χ0n) is 19.7. The van der Waals surface area contributed by atoms with Gasteiger partial charge < -0.3 is 31.9 Å². The molecule has 11 nitrogen and oxygen atoms in total. The maximum Gasteiger partial charge on any atom is 0.326 e. The summed E-state index contributed by atoms with van der Waals surface area (Å²) in [5.74, 6) is -5.04. The molecule has 0 radical (unpaired) electrons. The molecule has 0 aliphatic carbocycles. The lowest BCUT2D eigenvalue weighted by Crippen LogP contribution is -2.57. The number of carbonyl (C=O) groups is 5. The number of hydrogen-bond donors (Lipinski definition) is 6. The van der Waals surface area contributed by atoms with Gasteiger partial charge in [0.05, 0.1) is 12.5 Å². The average Bonchev–Trinajstić information content (AvgIpc) is 2.83. The molecule has 0 aromatic heterocycles. The number of carboxylic acids is 2. The highest BCUT2D eigenvalue weighted by molar-refractivity contribution is 5.95. The second kappa shape index (κ2) is 13.6. The average molecular weight is 499 g/mol. The van der Waals surface area contributed by atoms with Gasteiger partial charge in [-0.25, -0.2) is 4.79 Å². The third-order valence-electron chi connectivity index (χ3n) is 5.30. The van der Waals surface area contributed by atoms with Crippen LogP contribution in [0.3, 0.4) is 0 Å². The zero-order chi connectivity index (χ0) is 26.7. The molecular formula is C25H30N4O7. The van der Waals surface area contributed by atoms with Crippen LogP contribution in [-0.2, 0) is 36.8 Å². The Labute approximate surface area is 208 Å². The molecule has 2 aromatic carbocycles. The maximum absolute atomic E-state index is 12.7. The predicted octanol–water partition coefficient (Wildman–Crippen LogP) is -0.167. The van der Waals surface area contributed by atoms with Crippen LogP contribution in [0.25, 0.3) is 0 Å². The van der Waals surface area contributed by atoms with E-state index in [0.717, 1.165) is 5.56 Å². The second-order valence-electron chi connectivity index (χ2n) is 8.27. The Morgan fingerprint density at radius 3 is 1.72 bits per heavy atom. The van der Waals surface area contributed by atoms with E-state index in [1.807, 2.05) is 0 Å². The number of benzene rings is 2. The largest absolute Gasteiger partial charge is 0.481 e. The molecular weight excluding hydrogens is 468 g/mol. The fraction of sp³-hybridized carbons (Fsp3) is 0.320. The van der Waals surface area contributed by atoms with E-state index in [9.17, 15) is 34.2 Å². The highest BCUT2D eigenvalue weighted by Gasteiger charge is 2.29. The van der Waals surface area contributed by atoms with Crippen LogP contribution in [0, 0.1) is 0 Å². The second-order valence-corrected chi connectivity index (χ2v) is 8.27. The standard InChI is InChI=1S/C25H30N4O7/c1-15(22(32)29-20(25(35)36)13-17-10-6-3-7-11-17)27-24(34)19(14-21(30)31)28-23(33)18(26)12-16-8-4-2-5-9-16/h2-11,15,18-20H,12-14,26H2,1H3,(H,27,34)(H,28,33)(H,29,32)(H,30,31)(H,35,36). The van der Waals surface area contributed by atoms with E-state index >= 15 is 0 Å². The number of hydrogen-bond acceptors (Lipinski definition) is 6. The van der Waals surface area contributed by atoms with Crippen molar-refractivity contribution in [2.45, 2.75) is 50.4 Å². The van der Waals surface area contributed by atoms with Crippen LogP contribution in [0.4, 0.5) is 0 Å². The number of carbonyl (C=O) groups excluding carboxylic acids is 3. The van der Waals surface area contributed by atoms with Crippen molar-refractivity contribution >= 4 is 29.7 Å². The van der Waals surface area contributed by atoms with E-state index < -0.39 is 60.2 Å². The van der Waals surface area contributed by atoms with Gasteiger partial charge in [-0.1, -0.05) is 60.7 Å². The Hall–Kier alpha value is -4.25. The molecule has 0 saturated heterocycles. The quantitative estimate of drug-likeness (QED) is 0.219. The van der Waals surface area contributed by atoms with Crippen molar-refractivity contribution in [3.63, 3.8) is 0 Å². The van der Waals surface area contributed by atoms with Gasteiger partial charge >= 0.3 is 11.9 Å². The molecule has 4 atom stereocenters. The number of amides is 3. The molecule has 2 aromatic rings. The molecule has 2 rings (SSSR count). The van der Waals surface area contributed by atoms with Crippen LogP contribution in [0.15, 0.2) is 60.7 Å².